The van der Waals surface area contributed by atoms with E-state index in [1.807, 2.05) is 0 Å². The number of rotatable bonds is 2. The van der Waals surface area contributed by atoms with E-state index in [1.54, 1.807) is 19.9 Å². The fourth-order valence-electron chi connectivity index (χ4n) is 2.00. The Morgan fingerprint density at radius 3 is 2.35 bits per heavy atom. The first kappa shape index (κ1) is 14.1. The molecule has 1 heterocycles. The van der Waals surface area contributed by atoms with E-state index in [0.717, 1.165) is 12.1 Å². The van der Waals surface area contributed by atoms with Crippen molar-refractivity contribution < 1.29 is 18.0 Å². The summed E-state index contributed by atoms with van der Waals surface area (Å²) in [6.45, 7) is 3.47. The van der Waals surface area contributed by atoms with Gasteiger partial charge in [0.2, 0.25) is 5.91 Å². The lowest BCUT2D eigenvalue weighted by Gasteiger charge is -2.13. The van der Waals surface area contributed by atoms with E-state index >= 15 is 0 Å². The number of nitrogens with two attached hydrogens (primary N) is 1. The van der Waals surface area contributed by atoms with Gasteiger partial charge in [-0.2, -0.15) is 18.3 Å². The van der Waals surface area contributed by atoms with Crippen LogP contribution in [0, 0.1) is 13.8 Å². The first-order valence-corrected chi connectivity index (χ1v) is 5.75. The number of benzene rings is 1. The fourth-order valence-corrected chi connectivity index (χ4v) is 2.00. The number of carbonyl (C=O) groups excluding carboxylic acids is 1. The fraction of sp³-hybridized carbons (Fsp3) is 0.231. The quantitative estimate of drug-likeness (QED) is 0.921. The normalized spacial score (nSPS) is 11.7. The van der Waals surface area contributed by atoms with Gasteiger partial charge in [-0.05, 0) is 38.1 Å². The maximum absolute atomic E-state index is 13.0. The number of primary amides is 1. The van der Waals surface area contributed by atoms with E-state index in [1.165, 1.54) is 10.7 Å². The van der Waals surface area contributed by atoms with Gasteiger partial charge in [0.15, 0.2) is 0 Å². The highest BCUT2D eigenvalue weighted by Crippen LogP contribution is 2.33. The van der Waals surface area contributed by atoms with Gasteiger partial charge in [0.25, 0.3) is 0 Å². The molecule has 2 rings (SSSR count). The van der Waals surface area contributed by atoms with Gasteiger partial charge in [-0.15, -0.1) is 0 Å². The van der Waals surface area contributed by atoms with Crippen molar-refractivity contribution in [2.45, 2.75) is 20.0 Å². The van der Waals surface area contributed by atoms with Crippen molar-refractivity contribution in [3.63, 3.8) is 0 Å². The second-order valence-corrected chi connectivity index (χ2v) is 4.43. The minimum Gasteiger partial charge on any atom is -0.366 e. The van der Waals surface area contributed by atoms with Gasteiger partial charge in [0, 0.05) is 5.69 Å². The second-order valence-electron chi connectivity index (χ2n) is 4.43. The molecule has 1 amide bonds. The van der Waals surface area contributed by atoms with Crippen LogP contribution in [0.25, 0.3) is 5.69 Å². The van der Waals surface area contributed by atoms with Crippen LogP contribution in [0.3, 0.4) is 0 Å². The summed E-state index contributed by atoms with van der Waals surface area (Å²) in [7, 11) is 0. The van der Waals surface area contributed by atoms with Crippen LogP contribution in [0.5, 0.6) is 0 Å². The molecule has 106 valence electrons. The molecule has 0 fully saturated rings. The number of carbonyl (C=O) groups is 1. The first-order valence-electron chi connectivity index (χ1n) is 5.75. The third-order valence-corrected chi connectivity index (χ3v) is 2.83. The zero-order valence-corrected chi connectivity index (χ0v) is 10.8. The topological polar surface area (TPSA) is 60.9 Å². The molecular formula is C13H12F3N3O. The molecule has 0 aliphatic rings. The number of halogens is 3. The molecule has 0 atom stereocenters. The van der Waals surface area contributed by atoms with Crippen molar-refractivity contribution in [2.24, 2.45) is 5.73 Å². The molecule has 0 unspecified atom stereocenters. The SMILES string of the molecule is Cc1cc(C)n(-c2ccc(C(N)=O)c(C(F)(F)F)c2)n1. The lowest BCUT2D eigenvalue weighted by atomic mass is 10.1. The summed E-state index contributed by atoms with van der Waals surface area (Å²) < 4.78 is 40.3. The summed E-state index contributed by atoms with van der Waals surface area (Å²) in [6.07, 6.45) is -4.66. The third kappa shape index (κ3) is 2.52. The molecule has 0 saturated carbocycles. The van der Waals surface area contributed by atoms with Crippen LogP contribution >= 0.6 is 0 Å². The van der Waals surface area contributed by atoms with Crippen LogP contribution in [0.2, 0.25) is 0 Å². The van der Waals surface area contributed by atoms with Crippen LogP contribution in [-0.2, 0) is 6.18 Å². The lowest BCUT2D eigenvalue weighted by molar-refractivity contribution is -0.137. The number of hydrogen-bond acceptors (Lipinski definition) is 2. The van der Waals surface area contributed by atoms with Gasteiger partial charge in [-0.3, -0.25) is 4.79 Å². The molecule has 0 spiro atoms. The summed E-state index contributed by atoms with van der Waals surface area (Å²) in [5, 5.41) is 4.11. The number of hydrogen-bond donors (Lipinski definition) is 1. The van der Waals surface area contributed by atoms with Crippen LogP contribution < -0.4 is 5.73 Å². The highest BCUT2D eigenvalue weighted by atomic mass is 19.4. The number of aromatic nitrogens is 2. The summed E-state index contributed by atoms with van der Waals surface area (Å²) in [6, 6.07) is 5.07. The van der Waals surface area contributed by atoms with E-state index in [0.29, 0.717) is 11.4 Å². The largest absolute Gasteiger partial charge is 0.417 e. The standard InChI is InChI=1S/C13H12F3N3O/c1-7-5-8(2)19(18-7)9-3-4-10(12(17)20)11(6-9)13(14,15)16/h3-6H,1-2H3,(H2,17,20). The molecule has 2 aromatic rings. The number of alkyl halides is 3. The zero-order valence-electron chi connectivity index (χ0n) is 10.8. The van der Waals surface area contributed by atoms with Gasteiger partial charge in [0.05, 0.1) is 22.5 Å². The van der Waals surface area contributed by atoms with Gasteiger partial charge in [-0.1, -0.05) is 0 Å². The third-order valence-electron chi connectivity index (χ3n) is 2.83. The van der Waals surface area contributed by atoms with Gasteiger partial charge in [0.1, 0.15) is 0 Å². The van der Waals surface area contributed by atoms with Crippen molar-refractivity contribution in [1.29, 1.82) is 0 Å². The molecule has 0 aliphatic heterocycles. The van der Waals surface area contributed by atoms with Crippen LogP contribution in [0.4, 0.5) is 13.2 Å². The van der Waals surface area contributed by atoms with Crippen molar-refractivity contribution in [2.75, 3.05) is 0 Å². The molecule has 4 nitrogen and oxygen atoms in total. The van der Waals surface area contributed by atoms with Crippen molar-refractivity contribution in [3.05, 3.63) is 46.8 Å². The monoisotopic (exact) mass is 283 g/mol. The van der Waals surface area contributed by atoms with Crippen molar-refractivity contribution in [1.82, 2.24) is 9.78 Å². The van der Waals surface area contributed by atoms with Gasteiger partial charge in [-0.25, -0.2) is 4.68 Å². The van der Waals surface area contributed by atoms with Crippen LogP contribution in [0.1, 0.15) is 27.3 Å². The van der Waals surface area contributed by atoms with E-state index in [4.69, 9.17) is 5.73 Å². The molecule has 20 heavy (non-hydrogen) atoms. The Hall–Kier alpha value is -2.31. The summed E-state index contributed by atoms with van der Waals surface area (Å²) in [5.41, 5.74) is 4.98. The molecule has 7 heteroatoms. The smallest absolute Gasteiger partial charge is 0.366 e. The number of amides is 1. The highest BCUT2D eigenvalue weighted by molar-refractivity contribution is 5.94. The molecule has 2 N–H and O–H groups in total. The predicted molar refractivity (Wildman–Crippen MR) is 66.6 cm³/mol. The summed E-state index contributed by atoms with van der Waals surface area (Å²) >= 11 is 0. The Morgan fingerprint density at radius 1 is 1.25 bits per heavy atom. The minimum atomic E-state index is -4.66. The van der Waals surface area contributed by atoms with Crippen LogP contribution in [-0.4, -0.2) is 15.7 Å². The number of aryl methyl sites for hydroxylation is 2. The zero-order chi connectivity index (χ0) is 15.1. The Bertz CT molecular complexity index is 674. The van der Waals surface area contributed by atoms with E-state index in [9.17, 15) is 18.0 Å². The average molecular weight is 283 g/mol. The van der Waals surface area contributed by atoms with Gasteiger partial charge < -0.3 is 5.73 Å². The molecule has 0 bridgehead atoms. The summed E-state index contributed by atoms with van der Waals surface area (Å²) in [4.78, 5) is 11.1. The van der Waals surface area contributed by atoms with Gasteiger partial charge >= 0.3 is 6.18 Å². The lowest BCUT2D eigenvalue weighted by Crippen LogP contribution is -2.19. The van der Waals surface area contributed by atoms with Crippen LogP contribution in [0.15, 0.2) is 24.3 Å². The predicted octanol–water partition coefficient (Wildman–Crippen LogP) is 2.61. The average Bonchev–Trinajstić information content (AvgIpc) is 2.66. The van der Waals surface area contributed by atoms with E-state index < -0.39 is 23.2 Å². The second kappa shape index (κ2) is 4.66. The Balaban J connectivity index is 2.64. The maximum Gasteiger partial charge on any atom is 0.417 e. The summed E-state index contributed by atoms with van der Waals surface area (Å²) in [5.74, 6) is -1.11. The van der Waals surface area contributed by atoms with Crippen molar-refractivity contribution in [3.8, 4) is 5.69 Å². The first-order chi connectivity index (χ1) is 9.20. The highest BCUT2D eigenvalue weighted by Gasteiger charge is 2.35. The Morgan fingerprint density at radius 2 is 1.90 bits per heavy atom. The molecule has 0 saturated heterocycles. The van der Waals surface area contributed by atoms with E-state index in [2.05, 4.69) is 5.10 Å². The minimum absolute atomic E-state index is 0.230. The molecular weight excluding hydrogens is 271 g/mol. The molecule has 1 aromatic carbocycles. The Labute approximate surface area is 113 Å². The van der Waals surface area contributed by atoms with E-state index in [-0.39, 0.29) is 5.69 Å². The Kier molecular flexibility index (Phi) is 3.29. The molecule has 1 aromatic heterocycles. The maximum atomic E-state index is 13.0. The number of nitrogens with zero attached hydrogens (tertiary/aromatic N) is 2. The molecule has 0 aliphatic carbocycles. The molecule has 0 radical (unpaired) electrons. The van der Waals surface area contributed by atoms with Crippen molar-refractivity contribution >= 4 is 5.91 Å².